The summed E-state index contributed by atoms with van der Waals surface area (Å²) in [6, 6.07) is 68.2. The normalized spacial score (nSPS) is 11.6. The number of hydrogen-bond acceptors (Lipinski definition) is 4. The minimum atomic E-state index is 0.617. The monoisotopic (exact) mass is 704 g/mol. The van der Waals surface area contributed by atoms with Crippen molar-refractivity contribution >= 4 is 71.6 Å². The van der Waals surface area contributed by atoms with E-state index in [9.17, 15) is 0 Å². The Hall–Kier alpha value is -7.43. The van der Waals surface area contributed by atoms with Crippen LogP contribution in [0.1, 0.15) is 0 Å². The Bertz CT molecular complexity index is 3220. The number of aromatic nitrogens is 1. The van der Waals surface area contributed by atoms with Crippen LogP contribution < -0.4 is 4.90 Å². The van der Waals surface area contributed by atoms with Crippen LogP contribution >= 0.6 is 0 Å². The van der Waals surface area contributed by atoms with Crippen molar-refractivity contribution in [3.8, 4) is 33.7 Å². The molecular weight excluding hydrogens is 673 g/mol. The lowest BCUT2D eigenvalue weighted by Gasteiger charge is -2.27. The maximum atomic E-state index is 6.60. The van der Waals surface area contributed by atoms with Crippen LogP contribution in [0.25, 0.3) is 88.3 Å². The first-order chi connectivity index (χ1) is 27.2. The Morgan fingerprint density at radius 2 is 0.982 bits per heavy atom. The van der Waals surface area contributed by atoms with Crippen LogP contribution in [-0.4, -0.2) is 4.98 Å². The fraction of sp³-hybridized carbons (Fsp3) is 0. The smallest absolute Gasteiger partial charge is 0.227 e. The van der Waals surface area contributed by atoms with Gasteiger partial charge in [0.1, 0.15) is 16.7 Å². The third-order valence-electron chi connectivity index (χ3n) is 10.7. The van der Waals surface area contributed by atoms with Gasteiger partial charge >= 0.3 is 0 Å². The molecule has 2 aromatic heterocycles. The van der Waals surface area contributed by atoms with E-state index in [1.54, 1.807) is 0 Å². The number of benzene rings is 9. The first-order valence-corrected chi connectivity index (χ1v) is 18.5. The van der Waals surface area contributed by atoms with Gasteiger partial charge in [-0.25, -0.2) is 4.98 Å². The third-order valence-corrected chi connectivity index (χ3v) is 10.7. The van der Waals surface area contributed by atoms with Gasteiger partial charge in [-0.05, 0) is 105 Å². The second kappa shape index (κ2) is 12.6. The Labute approximate surface area is 317 Å². The summed E-state index contributed by atoms with van der Waals surface area (Å²) >= 11 is 0. The molecule has 0 aliphatic rings. The van der Waals surface area contributed by atoms with Crippen LogP contribution in [0.5, 0.6) is 0 Å². The Kier molecular flexibility index (Phi) is 7.14. The minimum Gasteiger partial charge on any atom is -0.456 e. The fourth-order valence-electron chi connectivity index (χ4n) is 8.07. The zero-order valence-electron chi connectivity index (χ0n) is 29.7. The predicted molar refractivity (Wildman–Crippen MR) is 227 cm³/mol. The summed E-state index contributed by atoms with van der Waals surface area (Å²) in [4.78, 5) is 7.27. The van der Waals surface area contributed by atoms with Gasteiger partial charge in [0.15, 0.2) is 5.58 Å². The largest absolute Gasteiger partial charge is 0.456 e. The van der Waals surface area contributed by atoms with E-state index in [0.717, 1.165) is 82.8 Å². The molecule has 0 bridgehead atoms. The Morgan fingerprint density at radius 1 is 0.382 bits per heavy atom. The van der Waals surface area contributed by atoms with Crippen LogP contribution in [0.4, 0.5) is 17.1 Å². The van der Waals surface area contributed by atoms with E-state index >= 15 is 0 Å². The Balaban J connectivity index is 1.14. The maximum Gasteiger partial charge on any atom is 0.227 e. The molecule has 11 rings (SSSR count). The molecule has 11 aromatic rings. The summed E-state index contributed by atoms with van der Waals surface area (Å²) in [5.41, 5.74) is 12.1. The summed E-state index contributed by atoms with van der Waals surface area (Å²) in [6.07, 6.45) is 0. The molecule has 0 amide bonds. The Morgan fingerprint density at radius 3 is 1.82 bits per heavy atom. The molecular formula is C51H32N2O2. The lowest BCUT2D eigenvalue weighted by molar-refractivity contribution is 0.623. The molecule has 0 aliphatic heterocycles. The highest BCUT2D eigenvalue weighted by Gasteiger charge is 2.19. The highest BCUT2D eigenvalue weighted by Crippen LogP contribution is 2.43. The van der Waals surface area contributed by atoms with E-state index < -0.39 is 0 Å². The van der Waals surface area contributed by atoms with Gasteiger partial charge in [0.2, 0.25) is 5.89 Å². The zero-order valence-corrected chi connectivity index (χ0v) is 29.7. The van der Waals surface area contributed by atoms with Gasteiger partial charge in [-0.1, -0.05) is 127 Å². The molecule has 4 nitrogen and oxygen atoms in total. The zero-order chi connectivity index (χ0) is 36.3. The molecule has 0 saturated heterocycles. The molecule has 0 radical (unpaired) electrons. The van der Waals surface area contributed by atoms with Gasteiger partial charge in [0.05, 0.1) is 0 Å². The van der Waals surface area contributed by atoms with Crippen molar-refractivity contribution < 1.29 is 8.83 Å². The van der Waals surface area contributed by atoms with Crippen molar-refractivity contribution in [2.45, 2.75) is 0 Å². The number of fused-ring (bicyclic) bond motifs is 8. The van der Waals surface area contributed by atoms with Crippen LogP contribution in [-0.2, 0) is 0 Å². The third kappa shape index (κ3) is 5.26. The van der Waals surface area contributed by atoms with Crippen LogP contribution in [0.3, 0.4) is 0 Å². The number of oxazole rings is 1. The quantitative estimate of drug-likeness (QED) is 0.162. The molecule has 0 saturated carbocycles. The summed E-state index contributed by atoms with van der Waals surface area (Å²) < 4.78 is 12.9. The first kappa shape index (κ1) is 31.1. The van der Waals surface area contributed by atoms with Crippen molar-refractivity contribution in [3.05, 3.63) is 194 Å². The van der Waals surface area contributed by atoms with E-state index in [2.05, 4.69) is 157 Å². The highest BCUT2D eigenvalue weighted by molar-refractivity contribution is 6.19. The van der Waals surface area contributed by atoms with Gasteiger partial charge < -0.3 is 13.7 Å². The molecule has 0 fully saturated rings. The van der Waals surface area contributed by atoms with E-state index in [-0.39, 0.29) is 0 Å². The van der Waals surface area contributed by atoms with E-state index in [1.807, 2.05) is 42.5 Å². The van der Waals surface area contributed by atoms with Crippen molar-refractivity contribution in [2.75, 3.05) is 4.90 Å². The second-order valence-electron chi connectivity index (χ2n) is 13.9. The lowest BCUT2D eigenvalue weighted by Crippen LogP contribution is -2.10. The molecule has 0 N–H and O–H groups in total. The number of nitrogens with zero attached hydrogens (tertiary/aromatic N) is 2. The van der Waals surface area contributed by atoms with Gasteiger partial charge in [0, 0.05) is 38.8 Å². The molecule has 0 atom stereocenters. The van der Waals surface area contributed by atoms with Crippen LogP contribution in [0.15, 0.2) is 203 Å². The highest BCUT2D eigenvalue weighted by atomic mass is 16.3. The predicted octanol–water partition coefficient (Wildman–Crippen LogP) is 14.5. The maximum absolute atomic E-state index is 6.60. The number of rotatable bonds is 6. The molecule has 4 heteroatoms. The number of furan rings is 1. The van der Waals surface area contributed by atoms with Crippen LogP contribution in [0, 0.1) is 0 Å². The minimum absolute atomic E-state index is 0.617. The fourth-order valence-corrected chi connectivity index (χ4v) is 8.07. The molecule has 9 aromatic carbocycles. The topological polar surface area (TPSA) is 42.4 Å². The van der Waals surface area contributed by atoms with Gasteiger partial charge in [-0.15, -0.1) is 0 Å². The van der Waals surface area contributed by atoms with Crippen molar-refractivity contribution in [1.82, 2.24) is 4.98 Å². The summed E-state index contributed by atoms with van der Waals surface area (Å²) in [6.45, 7) is 0. The van der Waals surface area contributed by atoms with Gasteiger partial charge in [0.25, 0.3) is 0 Å². The number of hydrogen-bond donors (Lipinski definition) is 0. The summed E-state index contributed by atoms with van der Waals surface area (Å²) in [5, 5.41) is 6.55. The molecule has 2 heterocycles. The second-order valence-corrected chi connectivity index (χ2v) is 13.9. The molecule has 258 valence electrons. The number of anilines is 3. The van der Waals surface area contributed by atoms with E-state index in [4.69, 9.17) is 13.8 Å². The van der Waals surface area contributed by atoms with Crippen molar-refractivity contribution in [2.24, 2.45) is 0 Å². The van der Waals surface area contributed by atoms with Crippen LogP contribution in [0.2, 0.25) is 0 Å². The molecule has 0 aliphatic carbocycles. The van der Waals surface area contributed by atoms with Gasteiger partial charge in [-0.3, -0.25) is 0 Å². The SMILES string of the molecule is c1ccc(-c2nc3ccc4ccc5ccc(N(c6cccc(-c7ccccc7-c7ccccc7)c6)c6ccc7oc8ccccc8c7c6)cc5c4c3o2)cc1. The van der Waals surface area contributed by atoms with E-state index in [0.29, 0.717) is 5.89 Å². The van der Waals surface area contributed by atoms with Gasteiger partial charge in [-0.2, -0.15) is 0 Å². The summed E-state index contributed by atoms with van der Waals surface area (Å²) in [7, 11) is 0. The number of para-hydroxylation sites is 1. The molecule has 0 unspecified atom stereocenters. The average Bonchev–Trinajstić information content (AvgIpc) is 3.86. The summed E-state index contributed by atoms with van der Waals surface area (Å²) in [5.74, 6) is 0.617. The lowest BCUT2D eigenvalue weighted by atomic mass is 9.94. The van der Waals surface area contributed by atoms with E-state index in [1.165, 1.54) is 16.7 Å². The van der Waals surface area contributed by atoms with Crippen molar-refractivity contribution in [3.63, 3.8) is 0 Å². The molecule has 55 heavy (non-hydrogen) atoms. The average molecular weight is 705 g/mol. The van der Waals surface area contributed by atoms with Crippen molar-refractivity contribution in [1.29, 1.82) is 0 Å². The first-order valence-electron chi connectivity index (χ1n) is 18.5. The standard InChI is InChI=1S/C51H32N2O2/c1-3-12-33(13-4-1)41-18-7-8-19-42(41)37-16-11-17-38(30-37)53(40-27-29-48-45(32-40)43-20-9-10-21-47(43)54-48)39-26-24-34-22-23-35-25-28-46-50(49(35)44(34)31-39)55-51(52-46)36-14-5-2-6-15-36/h1-32H. The molecule has 0 spiro atoms.